The maximum atomic E-state index is 14.1. The Morgan fingerprint density at radius 3 is 1.33 bits per heavy atom. The van der Waals surface area contributed by atoms with Crippen molar-refractivity contribution in [1.82, 2.24) is 34.3 Å². The van der Waals surface area contributed by atoms with Gasteiger partial charge < -0.3 is 20.2 Å². The fourth-order valence-electron chi connectivity index (χ4n) is 9.29. The van der Waals surface area contributed by atoms with E-state index < -0.39 is 124 Å². The summed E-state index contributed by atoms with van der Waals surface area (Å²) >= 11 is 0. The Morgan fingerprint density at radius 1 is 0.506 bits per heavy atom. The summed E-state index contributed by atoms with van der Waals surface area (Å²) in [5.41, 5.74) is -6.38. The number of ketones is 3. The molecule has 0 saturated heterocycles. The van der Waals surface area contributed by atoms with E-state index in [9.17, 15) is 78.0 Å². The molecular weight excluding hydrogens is 1190 g/mol. The predicted octanol–water partition coefficient (Wildman–Crippen LogP) is 13.1. The van der Waals surface area contributed by atoms with Gasteiger partial charge in [-0.1, -0.05) is 84.4 Å². The zero-order valence-corrected chi connectivity index (χ0v) is 47.8. The minimum absolute atomic E-state index is 0.00660. The lowest BCUT2D eigenvalue weighted by Gasteiger charge is -2.22. The number of nitrogens with zero attached hydrogens (tertiary/aromatic N) is 10. The van der Waals surface area contributed by atoms with Crippen LogP contribution in [0.3, 0.4) is 0 Å². The minimum Gasteiger partial charge on any atom is -0.380 e. The molecule has 89 heavy (non-hydrogen) atoms. The Morgan fingerprint density at radius 2 is 0.921 bits per heavy atom. The van der Waals surface area contributed by atoms with Crippen LogP contribution in [0.15, 0.2) is 109 Å². The lowest BCUT2D eigenvalue weighted by Crippen LogP contribution is -2.41. The number of fused-ring (bicyclic) bond motifs is 3. The van der Waals surface area contributed by atoms with E-state index in [1.165, 1.54) is 37.6 Å². The van der Waals surface area contributed by atoms with Crippen LogP contribution in [0.4, 0.5) is 65.5 Å². The molecule has 27 heteroatoms. The molecule has 9 aromatic rings. The third-order valence-corrected chi connectivity index (χ3v) is 14.1. The number of carbonyl (C=O) groups is 3. The topological polar surface area (TPSA) is 191 Å². The van der Waals surface area contributed by atoms with Gasteiger partial charge in [-0.25, -0.2) is 9.69 Å². The Bertz CT molecular complexity index is 4160. The first-order chi connectivity index (χ1) is 41.3. The van der Waals surface area contributed by atoms with Crippen molar-refractivity contribution in [3.63, 3.8) is 0 Å². The van der Waals surface area contributed by atoms with Crippen molar-refractivity contribution >= 4 is 67.3 Å². The number of aliphatic hydroxyl groups is 3. The summed E-state index contributed by atoms with van der Waals surface area (Å²) in [5, 5.41) is 45.1. The molecule has 9 rings (SSSR count). The van der Waals surface area contributed by atoms with E-state index in [4.69, 9.17) is 19.7 Å². The summed E-state index contributed by atoms with van der Waals surface area (Å²) < 4.78 is 150. The van der Waals surface area contributed by atoms with Gasteiger partial charge >= 0.3 is 18.5 Å². The molecule has 0 fully saturated rings. The van der Waals surface area contributed by atoms with Crippen molar-refractivity contribution in [3.8, 4) is 0 Å². The summed E-state index contributed by atoms with van der Waals surface area (Å²) in [7, 11) is 0. The number of halogens is 11. The highest BCUT2D eigenvalue weighted by Gasteiger charge is 2.39. The SMILES string of the molecule is [C-]#[N+]c1ccc(CC(=O)[C@@](C)(O)Cn2cc3c(C)cccc3n2)cc1C(F)(F)F.[C-]#[N+]c1ccc(CC(=O)[C@@](C)(O)Cn2nc(F)c3cc(C)ccc32)cc1C(F)(F)F.[C-]#[N+]c1ncc(CC(=O)[C@@](C)(O)Cn2nc(F)c3cc(C)ccc32)cc1C(F)(F)F. The fraction of sp³-hybridized carbons (Fsp3) is 0.290. The molecule has 0 saturated carbocycles. The maximum Gasteiger partial charge on any atom is 0.409 e. The molecule has 0 aliphatic rings. The van der Waals surface area contributed by atoms with Crippen molar-refractivity contribution < 1.29 is 78.0 Å². The molecule has 5 aromatic carbocycles. The molecule has 3 atom stereocenters. The molecule has 0 unspecified atom stereocenters. The lowest BCUT2D eigenvalue weighted by atomic mass is 9.94. The molecular formula is C62H51F11N10O6. The van der Waals surface area contributed by atoms with Gasteiger partial charge in [-0.2, -0.15) is 53.4 Å². The van der Waals surface area contributed by atoms with Gasteiger partial charge in [0, 0.05) is 36.4 Å². The van der Waals surface area contributed by atoms with Crippen LogP contribution in [0.5, 0.6) is 0 Å². The quantitative estimate of drug-likeness (QED) is 0.0657. The average Bonchev–Trinajstić information content (AvgIpc) is 2.95. The Balaban J connectivity index is 0.000000190. The molecule has 0 radical (unpaired) electrons. The highest BCUT2D eigenvalue weighted by molar-refractivity contribution is 5.91. The highest BCUT2D eigenvalue weighted by atomic mass is 19.4. The van der Waals surface area contributed by atoms with E-state index >= 15 is 0 Å². The van der Waals surface area contributed by atoms with Gasteiger partial charge in [0.05, 0.1) is 76.8 Å². The molecule has 0 aliphatic heterocycles. The first-order valence-corrected chi connectivity index (χ1v) is 26.4. The second kappa shape index (κ2) is 25.5. The first-order valence-electron chi connectivity index (χ1n) is 26.4. The largest absolute Gasteiger partial charge is 0.409 e. The van der Waals surface area contributed by atoms with Crippen LogP contribution >= 0.6 is 0 Å². The minimum atomic E-state index is -4.81. The summed E-state index contributed by atoms with van der Waals surface area (Å²) in [6.45, 7) is 28.8. The van der Waals surface area contributed by atoms with E-state index in [0.717, 1.165) is 67.4 Å². The number of carbonyl (C=O) groups excluding carboxylic acids is 3. The van der Waals surface area contributed by atoms with Crippen molar-refractivity contribution in [2.45, 2.75) is 116 Å². The number of aryl methyl sites for hydroxylation is 3. The Labute approximate surface area is 499 Å². The van der Waals surface area contributed by atoms with E-state index in [-0.39, 0.29) is 40.6 Å². The van der Waals surface area contributed by atoms with Gasteiger partial charge in [0.25, 0.3) is 5.82 Å². The molecule has 0 aliphatic carbocycles. The molecule has 0 bridgehead atoms. The molecule has 4 heterocycles. The molecule has 16 nitrogen and oxygen atoms in total. The predicted molar refractivity (Wildman–Crippen MR) is 302 cm³/mol. The second-order valence-electron chi connectivity index (χ2n) is 21.6. The first kappa shape index (κ1) is 66.8. The van der Waals surface area contributed by atoms with Crippen LogP contribution in [-0.4, -0.2) is 83.8 Å². The normalized spacial score (nSPS) is 13.8. The number of aromatic nitrogens is 7. The number of rotatable bonds is 15. The average molecular weight is 1240 g/mol. The molecule has 0 amide bonds. The zero-order chi connectivity index (χ0) is 65.9. The van der Waals surface area contributed by atoms with E-state index in [0.29, 0.717) is 17.1 Å². The standard InChI is InChI=1S/C21H17F4N3O2.C21H18F3N3O2.C20H16F4N4O2/c1-12-4-7-17-14(8-12)19(22)27-28(17)11-20(2,30)18(29)10-13-5-6-16(26-3)15(9-13)21(23,24)25;1-13-5-4-6-17-15(13)11-27(26-17)12-20(2,29)19(28)10-14-7-8-18(25-3)16(9-14)21(22,23)24;1-11-4-5-15-13(6-11)17(21)27-28(15)10-19(2,30)16(29)8-12-7-14(20(22,23)24)18(25-3)26-9-12/h4-9,30H,10-11H2,1-2H3;4-9,11,29H,10,12H2,1-2H3;4-7,9,30H,8,10H2,1-2H3/t2*20-;19-/m000/s1. The van der Waals surface area contributed by atoms with Crippen molar-refractivity contribution in [1.29, 1.82) is 0 Å². The Kier molecular flexibility index (Phi) is 19.2. The van der Waals surface area contributed by atoms with Crippen LogP contribution in [0.25, 0.3) is 47.2 Å². The van der Waals surface area contributed by atoms with Crippen LogP contribution < -0.4 is 0 Å². The molecule has 0 spiro atoms. The summed E-state index contributed by atoms with van der Waals surface area (Å²) in [5.74, 6) is -4.53. The lowest BCUT2D eigenvalue weighted by molar-refractivity contribution is -0.138. The van der Waals surface area contributed by atoms with Gasteiger partial charge in [0.15, 0.2) is 28.7 Å². The van der Waals surface area contributed by atoms with Gasteiger partial charge in [0.1, 0.15) is 23.0 Å². The van der Waals surface area contributed by atoms with Gasteiger partial charge in [-0.15, -0.1) is 15.2 Å². The van der Waals surface area contributed by atoms with E-state index in [1.807, 2.05) is 25.1 Å². The van der Waals surface area contributed by atoms with Gasteiger partial charge in [0.2, 0.25) is 11.9 Å². The number of pyridine rings is 1. The van der Waals surface area contributed by atoms with E-state index in [1.54, 1.807) is 56.4 Å². The van der Waals surface area contributed by atoms with Crippen molar-refractivity contribution in [2.24, 2.45) is 0 Å². The number of hydrogen-bond acceptors (Lipinski definition) is 10. The zero-order valence-electron chi connectivity index (χ0n) is 47.8. The van der Waals surface area contributed by atoms with Crippen LogP contribution in [0, 0.1) is 52.4 Å². The third kappa shape index (κ3) is 15.7. The highest BCUT2D eigenvalue weighted by Crippen LogP contribution is 2.40. The van der Waals surface area contributed by atoms with E-state index in [2.05, 4.69) is 34.8 Å². The van der Waals surface area contributed by atoms with Crippen molar-refractivity contribution in [2.75, 3.05) is 0 Å². The maximum absolute atomic E-state index is 14.1. The smallest absolute Gasteiger partial charge is 0.380 e. The molecule has 4 aromatic heterocycles. The summed E-state index contributed by atoms with van der Waals surface area (Å²) in [6, 6.07) is 22.2. The monoisotopic (exact) mass is 1240 g/mol. The second-order valence-corrected chi connectivity index (χ2v) is 21.6. The van der Waals surface area contributed by atoms with Crippen LogP contribution in [0.2, 0.25) is 0 Å². The summed E-state index contributed by atoms with van der Waals surface area (Å²) in [4.78, 5) is 49.7. The molecule has 462 valence electrons. The summed E-state index contributed by atoms with van der Waals surface area (Å²) in [6.07, 6.45) is -13.0. The number of alkyl halides is 9. The van der Waals surface area contributed by atoms with Gasteiger partial charge in [-0.05, 0) is 88.6 Å². The van der Waals surface area contributed by atoms with Crippen molar-refractivity contribution in [3.05, 3.63) is 206 Å². The number of benzene rings is 5. The van der Waals surface area contributed by atoms with Crippen LogP contribution in [0.1, 0.15) is 70.8 Å². The van der Waals surface area contributed by atoms with Crippen LogP contribution in [-0.2, 0) is 71.8 Å². The third-order valence-electron chi connectivity index (χ3n) is 14.1. The molecule has 3 N–H and O–H groups in total. The number of hydrogen-bond donors (Lipinski definition) is 3. The number of Topliss-reactive ketones (excluding diaryl/α,β-unsaturated/α-hetero) is 3. The Hall–Kier alpha value is -9.75. The van der Waals surface area contributed by atoms with Gasteiger partial charge in [-0.3, -0.25) is 28.4 Å². The fourth-order valence-corrected chi connectivity index (χ4v) is 9.29.